The normalized spacial score (nSPS) is 12.3. The second-order valence-corrected chi connectivity index (χ2v) is 4.21. The number of ether oxygens (including phenoxy) is 2. The molecule has 0 spiro atoms. The Labute approximate surface area is 107 Å². The molecule has 1 aromatic carbocycles. The highest BCUT2D eigenvalue weighted by Crippen LogP contribution is 2.29. The Morgan fingerprint density at radius 2 is 2.00 bits per heavy atom. The lowest BCUT2D eigenvalue weighted by atomic mass is 10.1. The highest BCUT2D eigenvalue weighted by molar-refractivity contribution is 5.78. The van der Waals surface area contributed by atoms with Crippen LogP contribution in [0.15, 0.2) is 18.2 Å². The average Bonchev–Trinajstić information content (AvgIpc) is 2.34. The van der Waals surface area contributed by atoms with E-state index in [1.165, 1.54) is 20.3 Å². The first-order valence-electron chi connectivity index (χ1n) is 5.70. The van der Waals surface area contributed by atoms with Gasteiger partial charge in [-0.2, -0.15) is 0 Å². The molecule has 0 saturated heterocycles. The molecule has 0 heterocycles. The number of methoxy groups -OCH3 is 2. The molecule has 0 amide bonds. The summed E-state index contributed by atoms with van der Waals surface area (Å²) in [7, 11) is 2.81. The van der Waals surface area contributed by atoms with E-state index in [0.717, 1.165) is 0 Å². The van der Waals surface area contributed by atoms with Crippen LogP contribution in [-0.4, -0.2) is 31.3 Å². The first-order chi connectivity index (χ1) is 8.49. The van der Waals surface area contributed by atoms with Crippen molar-refractivity contribution in [3.8, 4) is 11.5 Å². The molecule has 1 unspecified atom stereocenters. The van der Waals surface area contributed by atoms with Gasteiger partial charge in [0, 0.05) is 6.04 Å². The van der Waals surface area contributed by atoms with Crippen LogP contribution in [0.5, 0.6) is 11.5 Å². The van der Waals surface area contributed by atoms with E-state index in [0.29, 0.717) is 11.3 Å². The third kappa shape index (κ3) is 3.37. The molecule has 1 aromatic rings. The van der Waals surface area contributed by atoms with Crippen molar-refractivity contribution >= 4 is 5.97 Å². The van der Waals surface area contributed by atoms with E-state index in [-0.39, 0.29) is 11.8 Å². The molecule has 0 bridgehead atoms. The number of esters is 1. The van der Waals surface area contributed by atoms with Gasteiger partial charge in [-0.05, 0) is 31.5 Å². The predicted octanol–water partition coefficient (Wildman–Crippen LogP) is 1.61. The summed E-state index contributed by atoms with van der Waals surface area (Å²) in [6.45, 7) is 3.86. The van der Waals surface area contributed by atoms with Crippen LogP contribution in [0.4, 0.5) is 0 Å². The highest BCUT2D eigenvalue weighted by Gasteiger charge is 2.22. The van der Waals surface area contributed by atoms with E-state index in [1.54, 1.807) is 12.1 Å². The molecule has 1 rings (SSSR count). The molecule has 5 nitrogen and oxygen atoms in total. The minimum absolute atomic E-state index is 0.00513. The number of hydrogen-bond acceptors (Lipinski definition) is 5. The number of phenolic OH excluding ortho intramolecular Hbond substituents is 1. The van der Waals surface area contributed by atoms with Crippen molar-refractivity contribution in [3.63, 3.8) is 0 Å². The molecule has 100 valence electrons. The van der Waals surface area contributed by atoms with Crippen molar-refractivity contribution in [3.05, 3.63) is 23.8 Å². The van der Waals surface area contributed by atoms with Crippen LogP contribution >= 0.6 is 0 Å². The fraction of sp³-hybridized carbons (Fsp3) is 0.462. The molecule has 0 aromatic heterocycles. The summed E-state index contributed by atoms with van der Waals surface area (Å²) in [5, 5.41) is 12.8. The number of nitrogens with one attached hydrogen (secondary N) is 1. The van der Waals surface area contributed by atoms with Gasteiger partial charge in [-0.3, -0.25) is 5.32 Å². The van der Waals surface area contributed by atoms with Crippen LogP contribution in [-0.2, 0) is 9.53 Å². The Morgan fingerprint density at radius 3 is 2.44 bits per heavy atom. The summed E-state index contributed by atoms with van der Waals surface area (Å²) >= 11 is 0. The van der Waals surface area contributed by atoms with E-state index >= 15 is 0 Å². The number of aromatic hydroxyl groups is 1. The van der Waals surface area contributed by atoms with Gasteiger partial charge in [-0.25, -0.2) is 4.79 Å². The molecule has 0 aliphatic heterocycles. The maximum absolute atomic E-state index is 11.7. The Balaban J connectivity index is 3.05. The van der Waals surface area contributed by atoms with Crippen molar-refractivity contribution < 1.29 is 19.4 Å². The fourth-order valence-electron chi connectivity index (χ4n) is 1.64. The van der Waals surface area contributed by atoms with E-state index in [2.05, 4.69) is 5.32 Å². The van der Waals surface area contributed by atoms with Gasteiger partial charge in [0.05, 0.1) is 14.2 Å². The maximum atomic E-state index is 11.7. The van der Waals surface area contributed by atoms with Gasteiger partial charge < -0.3 is 14.6 Å². The summed E-state index contributed by atoms with van der Waals surface area (Å²) in [6.07, 6.45) is 0. The Kier molecular flexibility index (Phi) is 4.97. The Morgan fingerprint density at radius 1 is 1.33 bits per heavy atom. The van der Waals surface area contributed by atoms with Gasteiger partial charge in [0.25, 0.3) is 0 Å². The van der Waals surface area contributed by atoms with E-state index in [4.69, 9.17) is 9.47 Å². The molecular formula is C13H19NO4. The first-order valence-corrected chi connectivity index (χ1v) is 5.70. The smallest absolute Gasteiger partial charge is 0.327 e. The van der Waals surface area contributed by atoms with Crippen LogP contribution < -0.4 is 10.1 Å². The Hall–Kier alpha value is -1.75. The van der Waals surface area contributed by atoms with Gasteiger partial charge in [0.1, 0.15) is 6.04 Å². The van der Waals surface area contributed by atoms with E-state index < -0.39 is 12.0 Å². The third-order valence-electron chi connectivity index (χ3n) is 2.47. The quantitative estimate of drug-likeness (QED) is 0.780. The molecule has 0 saturated carbocycles. The molecule has 2 N–H and O–H groups in total. The number of benzene rings is 1. The first kappa shape index (κ1) is 14.3. The summed E-state index contributed by atoms with van der Waals surface area (Å²) in [4.78, 5) is 11.7. The number of carbonyl (C=O) groups is 1. The topological polar surface area (TPSA) is 67.8 Å². The maximum Gasteiger partial charge on any atom is 0.327 e. The molecule has 0 aliphatic carbocycles. The van der Waals surface area contributed by atoms with Crippen LogP contribution in [0.25, 0.3) is 0 Å². The third-order valence-corrected chi connectivity index (χ3v) is 2.47. The van der Waals surface area contributed by atoms with Crippen molar-refractivity contribution in [1.29, 1.82) is 0 Å². The summed E-state index contributed by atoms with van der Waals surface area (Å²) < 4.78 is 9.71. The lowest BCUT2D eigenvalue weighted by Gasteiger charge is -2.20. The van der Waals surface area contributed by atoms with Crippen LogP contribution in [0, 0.1) is 0 Å². The van der Waals surface area contributed by atoms with Crippen molar-refractivity contribution in [2.45, 2.75) is 25.9 Å². The molecular weight excluding hydrogens is 234 g/mol. The Bertz CT molecular complexity index is 417. The fourth-order valence-corrected chi connectivity index (χ4v) is 1.64. The summed E-state index contributed by atoms with van der Waals surface area (Å²) in [5.74, 6) is -0.0327. The SMILES string of the molecule is COC(=O)C(NC(C)C)c1ccc(OC)c(O)c1. The zero-order chi connectivity index (χ0) is 13.7. The van der Waals surface area contributed by atoms with Gasteiger partial charge in [-0.1, -0.05) is 6.07 Å². The lowest BCUT2D eigenvalue weighted by Crippen LogP contribution is -2.34. The van der Waals surface area contributed by atoms with Crippen molar-refractivity contribution in [2.75, 3.05) is 14.2 Å². The summed E-state index contributed by atoms with van der Waals surface area (Å²) in [6, 6.07) is 4.33. The molecule has 1 atom stereocenters. The van der Waals surface area contributed by atoms with Crippen LogP contribution in [0.3, 0.4) is 0 Å². The number of phenols is 1. The monoisotopic (exact) mass is 253 g/mol. The zero-order valence-corrected chi connectivity index (χ0v) is 11.1. The molecule has 5 heteroatoms. The van der Waals surface area contributed by atoms with E-state index in [1.807, 2.05) is 13.8 Å². The molecule has 18 heavy (non-hydrogen) atoms. The number of rotatable bonds is 5. The standard InChI is InChI=1S/C13H19NO4/c1-8(2)14-12(13(16)18-4)9-5-6-11(17-3)10(15)7-9/h5-8,12,14-15H,1-4H3. The van der Waals surface area contributed by atoms with Crippen molar-refractivity contribution in [1.82, 2.24) is 5.32 Å². The van der Waals surface area contributed by atoms with Crippen LogP contribution in [0.2, 0.25) is 0 Å². The van der Waals surface area contributed by atoms with Gasteiger partial charge in [-0.15, -0.1) is 0 Å². The highest BCUT2D eigenvalue weighted by atomic mass is 16.5. The van der Waals surface area contributed by atoms with Gasteiger partial charge in [0.15, 0.2) is 11.5 Å². The second-order valence-electron chi connectivity index (χ2n) is 4.21. The van der Waals surface area contributed by atoms with E-state index in [9.17, 15) is 9.90 Å². The largest absolute Gasteiger partial charge is 0.504 e. The number of carbonyl (C=O) groups excluding carboxylic acids is 1. The predicted molar refractivity (Wildman–Crippen MR) is 67.7 cm³/mol. The van der Waals surface area contributed by atoms with Crippen LogP contribution in [0.1, 0.15) is 25.5 Å². The lowest BCUT2D eigenvalue weighted by molar-refractivity contribution is -0.143. The van der Waals surface area contributed by atoms with Gasteiger partial charge >= 0.3 is 5.97 Å². The molecule has 0 aliphatic rings. The molecule has 0 radical (unpaired) electrons. The zero-order valence-electron chi connectivity index (χ0n) is 11.1. The minimum Gasteiger partial charge on any atom is -0.504 e. The number of hydrogen-bond donors (Lipinski definition) is 2. The average molecular weight is 253 g/mol. The summed E-state index contributed by atoms with van der Waals surface area (Å²) in [5.41, 5.74) is 0.633. The molecule has 0 fully saturated rings. The second kappa shape index (κ2) is 6.26. The van der Waals surface area contributed by atoms with Gasteiger partial charge in [0.2, 0.25) is 0 Å². The minimum atomic E-state index is -0.605. The van der Waals surface area contributed by atoms with Crippen molar-refractivity contribution in [2.24, 2.45) is 0 Å².